The molecule has 6 heteroatoms. The minimum absolute atomic E-state index is 0.0857. The molecule has 3 rings (SSSR count). The van der Waals surface area contributed by atoms with Crippen molar-refractivity contribution in [2.75, 3.05) is 33.3 Å². The number of aromatic nitrogens is 1. The van der Waals surface area contributed by atoms with Gasteiger partial charge in [0, 0.05) is 43.3 Å². The fraction of sp³-hybridized carbons (Fsp3) is 0.500. The van der Waals surface area contributed by atoms with Crippen LogP contribution in [0.4, 0.5) is 0 Å². The largest absolute Gasteiger partial charge is 0.469 e. The van der Waals surface area contributed by atoms with Crippen LogP contribution in [0.5, 0.6) is 0 Å². The first kappa shape index (κ1) is 18.3. The smallest absolute Gasteiger partial charge is 0.310 e. The Hall–Kier alpha value is -2.50. The van der Waals surface area contributed by atoms with Gasteiger partial charge in [-0.3, -0.25) is 9.79 Å². The van der Waals surface area contributed by atoms with Crippen molar-refractivity contribution in [3.63, 3.8) is 0 Å². The van der Waals surface area contributed by atoms with E-state index in [2.05, 4.69) is 53.4 Å². The highest BCUT2D eigenvalue weighted by molar-refractivity contribution is 5.84. The molecule has 0 saturated carbocycles. The minimum atomic E-state index is -0.130. The number of carbonyl (C=O) groups is 1. The van der Waals surface area contributed by atoms with Crippen LogP contribution in [0.1, 0.15) is 19.4 Å². The van der Waals surface area contributed by atoms with Gasteiger partial charge in [-0.25, -0.2) is 0 Å². The Bertz CT molecular complexity index is 783. The average Bonchev–Trinajstić information content (AvgIpc) is 3.24. The first-order valence-electron chi connectivity index (χ1n) is 9.30. The first-order chi connectivity index (χ1) is 12.6. The molecule has 1 aromatic heterocycles. The standard InChI is InChI=1S/C20H28N4O2/c1-4-21-20(24-12-14(2)17(13-24)19(25)26-3)22-10-9-15-11-23-18-8-6-5-7-16(15)18/h5-8,11,14,17,23H,4,9-10,12-13H2,1-3H3,(H,21,22). The molecule has 0 radical (unpaired) electrons. The van der Waals surface area contributed by atoms with E-state index in [0.29, 0.717) is 13.1 Å². The summed E-state index contributed by atoms with van der Waals surface area (Å²) in [7, 11) is 1.46. The Labute approximate surface area is 154 Å². The highest BCUT2D eigenvalue weighted by atomic mass is 16.5. The van der Waals surface area contributed by atoms with E-state index in [-0.39, 0.29) is 17.8 Å². The molecule has 0 aliphatic carbocycles. The van der Waals surface area contributed by atoms with Crippen LogP contribution in [0.3, 0.4) is 0 Å². The maximum atomic E-state index is 11.9. The Morgan fingerprint density at radius 3 is 2.96 bits per heavy atom. The van der Waals surface area contributed by atoms with E-state index in [0.717, 1.165) is 31.0 Å². The summed E-state index contributed by atoms with van der Waals surface area (Å²) in [4.78, 5) is 22.2. The Morgan fingerprint density at radius 2 is 2.19 bits per heavy atom. The van der Waals surface area contributed by atoms with E-state index in [9.17, 15) is 4.79 Å². The number of guanidine groups is 1. The third kappa shape index (κ3) is 3.84. The molecule has 1 saturated heterocycles. The van der Waals surface area contributed by atoms with Gasteiger partial charge in [-0.05, 0) is 30.9 Å². The number of nitrogens with one attached hydrogen (secondary N) is 2. The molecule has 1 fully saturated rings. The maximum absolute atomic E-state index is 11.9. The lowest BCUT2D eigenvalue weighted by molar-refractivity contribution is -0.145. The lowest BCUT2D eigenvalue weighted by Crippen LogP contribution is -2.40. The van der Waals surface area contributed by atoms with Gasteiger partial charge >= 0.3 is 5.97 Å². The summed E-state index contributed by atoms with van der Waals surface area (Å²) in [5.74, 6) is 0.928. The van der Waals surface area contributed by atoms with Crippen molar-refractivity contribution >= 4 is 22.8 Å². The zero-order valence-electron chi connectivity index (χ0n) is 15.8. The number of hydrogen-bond acceptors (Lipinski definition) is 3. The van der Waals surface area contributed by atoms with Gasteiger partial charge in [-0.1, -0.05) is 25.1 Å². The second-order valence-electron chi connectivity index (χ2n) is 6.86. The molecule has 0 spiro atoms. The number of ether oxygens (including phenoxy) is 1. The third-order valence-electron chi connectivity index (χ3n) is 5.07. The quantitative estimate of drug-likeness (QED) is 0.490. The number of aromatic amines is 1. The highest BCUT2D eigenvalue weighted by Crippen LogP contribution is 2.24. The number of likely N-dealkylation sites (tertiary alicyclic amines) is 1. The second-order valence-corrected chi connectivity index (χ2v) is 6.86. The fourth-order valence-electron chi connectivity index (χ4n) is 3.64. The van der Waals surface area contributed by atoms with Crippen molar-refractivity contribution in [3.8, 4) is 0 Å². The van der Waals surface area contributed by atoms with Crippen molar-refractivity contribution in [2.45, 2.75) is 20.3 Å². The summed E-state index contributed by atoms with van der Waals surface area (Å²) in [6.45, 7) is 7.15. The number of hydrogen-bond donors (Lipinski definition) is 2. The topological polar surface area (TPSA) is 69.7 Å². The van der Waals surface area contributed by atoms with Crippen molar-refractivity contribution in [3.05, 3.63) is 36.0 Å². The third-order valence-corrected chi connectivity index (χ3v) is 5.07. The molecule has 2 heterocycles. The van der Waals surface area contributed by atoms with Crippen LogP contribution in [0.25, 0.3) is 10.9 Å². The van der Waals surface area contributed by atoms with Gasteiger partial charge in [0.05, 0.1) is 13.0 Å². The monoisotopic (exact) mass is 356 g/mol. The number of benzene rings is 1. The summed E-state index contributed by atoms with van der Waals surface area (Å²) >= 11 is 0. The molecule has 1 aromatic carbocycles. The predicted molar refractivity (Wildman–Crippen MR) is 104 cm³/mol. The van der Waals surface area contributed by atoms with Crippen LogP contribution in [-0.2, 0) is 16.0 Å². The number of aliphatic imine (C=N–C) groups is 1. The molecule has 140 valence electrons. The van der Waals surface area contributed by atoms with E-state index in [1.165, 1.54) is 18.1 Å². The number of carbonyl (C=O) groups excluding carboxylic acids is 1. The summed E-state index contributed by atoms with van der Waals surface area (Å²) < 4.78 is 4.93. The molecule has 2 unspecified atom stereocenters. The van der Waals surface area contributed by atoms with Gasteiger partial charge in [0.2, 0.25) is 0 Å². The van der Waals surface area contributed by atoms with Crippen LogP contribution in [0, 0.1) is 11.8 Å². The molecule has 0 bridgehead atoms. The van der Waals surface area contributed by atoms with Crippen molar-refractivity contribution in [1.82, 2.24) is 15.2 Å². The number of H-pyrrole nitrogens is 1. The lowest BCUT2D eigenvalue weighted by Gasteiger charge is -2.21. The van der Waals surface area contributed by atoms with Gasteiger partial charge in [-0.2, -0.15) is 0 Å². The minimum Gasteiger partial charge on any atom is -0.469 e. The molecule has 2 N–H and O–H groups in total. The summed E-state index contributed by atoms with van der Waals surface area (Å²) in [5.41, 5.74) is 2.44. The number of fused-ring (bicyclic) bond motifs is 1. The molecule has 0 amide bonds. The fourth-order valence-corrected chi connectivity index (χ4v) is 3.64. The molecule has 1 aliphatic heterocycles. The molecule has 2 aromatic rings. The molecule has 6 nitrogen and oxygen atoms in total. The number of nitrogens with zero attached hydrogens (tertiary/aromatic N) is 2. The Morgan fingerprint density at radius 1 is 1.38 bits per heavy atom. The second kappa shape index (κ2) is 8.25. The van der Waals surface area contributed by atoms with Gasteiger partial charge in [-0.15, -0.1) is 0 Å². The zero-order valence-corrected chi connectivity index (χ0v) is 15.8. The van der Waals surface area contributed by atoms with E-state index >= 15 is 0 Å². The van der Waals surface area contributed by atoms with Crippen LogP contribution in [0.2, 0.25) is 0 Å². The van der Waals surface area contributed by atoms with Gasteiger partial charge in [0.1, 0.15) is 0 Å². The van der Waals surface area contributed by atoms with Crippen LogP contribution < -0.4 is 5.32 Å². The molecule has 1 aliphatic rings. The van der Waals surface area contributed by atoms with E-state index in [1.54, 1.807) is 0 Å². The normalized spacial score (nSPS) is 20.6. The number of esters is 1. The van der Waals surface area contributed by atoms with Crippen LogP contribution >= 0.6 is 0 Å². The summed E-state index contributed by atoms with van der Waals surface area (Å²) in [5, 5.41) is 4.61. The van der Waals surface area contributed by atoms with E-state index in [1.807, 2.05) is 6.07 Å². The Kier molecular flexibility index (Phi) is 5.81. The first-order valence-corrected chi connectivity index (χ1v) is 9.30. The van der Waals surface area contributed by atoms with E-state index < -0.39 is 0 Å². The van der Waals surface area contributed by atoms with Crippen molar-refractivity contribution in [2.24, 2.45) is 16.8 Å². The molecule has 2 atom stereocenters. The van der Waals surface area contributed by atoms with Gasteiger partial charge < -0.3 is 19.9 Å². The number of methoxy groups -OCH3 is 1. The van der Waals surface area contributed by atoms with Crippen LogP contribution in [-0.4, -0.2) is 55.1 Å². The van der Waals surface area contributed by atoms with E-state index in [4.69, 9.17) is 9.73 Å². The highest BCUT2D eigenvalue weighted by Gasteiger charge is 2.36. The molecular formula is C20H28N4O2. The number of para-hydroxylation sites is 1. The van der Waals surface area contributed by atoms with Gasteiger partial charge in [0.25, 0.3) is 0 Å². The number of rotatable bonds is 5. The summed E-state index contributed by atoms with van der Waals surface area (Å²) in [6.07, 6.45) is 2.95. The summed E-state index contributed by atoms with van der Waals surface area (Å²) in [6, 6.07) is 8.33. The molecular weight excluding hydrogens is 328 g/mol. The maximum Gasteiger partial charge on any atom is 0.310 e. The SMILES string of the molecule is CCNC(=NCCc1c[nH]c2ccccc12)N1CC(C)C(C(=O)OC)C1. The predicted octanol–water partition coefficient (Wildman–Crippen LogP) is 2.42. The van der Waals surface area contributed by atoms with Crippen molar-refractivity contribution in [1.29, 1.82) is 0 Å². The zero-order chi connectivity index (χ0) is 18.5. The van der Waals surface area contributed by atoms with Gasteiger partial charge in [0.15, 0.2) is 5.96 Å². The lowest BCUT2D eigenvalue weighted by atomic mass is 9.99. The Balaban J connectivity index is 1.67. The van der Waals surface area contributed by atoms with Crippen molar-refractivity contribution < 1.29 is 9.53 Å². The van der Waals surface area contributed by atoms with Crippen LogP contribution in [0.15, 0.2) is 35.5 Å². The average molecular weight is 356 g/mol. The molecule has 26 heavy (non-hydrogen) atoms.